The van der Waals surface area contributed by atoms with Crippen molar-refractivity contribution < 1.29 is 9.18 Å². The summed E-state index contributed by atoms with van der Waals surface area (Å²) in [5.74, 6) is 0.430. The van der Waals surface area contributed by atoms with Gasteiger partial charge in [-0.05, 0) is 72.2 Å². The monoisotopic (exact) mass is 380 g/mol. The molecule has 144 valence electrons. The van der Waals surface area contributed by atoms with Crippen LogP contribution in [0, 0.1) is 5.82 Å². The fraction of sp³-hybridized carbons (Fsp3) is 0.300. The molecule has 8 heteroatoms. The van der Waals surface area contributed by atoms with Crippen molar-refractivity contribution in [1.82, 2.24) is 25.1 Å². The van der Waals surface area contributed by atoms with Crippen molar-refractivity contribution in [3.8, 4) is 11.4 Å². The molecule has 1 aliphatic carbocycles. The fourth-order valence-electron chi connectivity index (χ4n) is 3.04. The Labute approximate surface area is 162 Å². The first-order valence-corrected chi connectivity index (χ1v) is 9.32. The van der Waals surface area contributed by atoms with Crippen molar-refractivity contribution in [1.29, 1.82) is 0 Å². The summed E-state index contributed by atoms with van der Waals surface area (Å²) in [6.45, 7) is 2.74. The first-order valence-electron chi connectivity index (χ1n) is 9.32. The molecule has 2 aromatic carbocycles. The smallest absolute Gasteiger partial charge is 0.320 e. The maximum atomic E-state index is 13.4. The van der Waals surface area contributed by atoms with Gasteiger partial charge in [-0.1, -0.05) is 12.1 Å². The van der Waals surface area contributed by atoms with Crippen molar-refractivity contribution in [2.24, 2.45) is 0 Å². The topological polar surface area (TPSA) is 75.9 Å². The Kier molecular flexibility index (Phi) is 5.01. The highest BCUT2D eigenvalue weighted by atomic mass is 19.1. The number of hydrogen-bond acceptors (Lipinski definition) is 4. The maximum Gasteiger partial charge on any atom is 0.322 e. The predicted molar refractivity (Wildman–Crippen MR) is 103 cm³/mol. The summed E-state index contributed by atoms with van der Waals surface area (Å²) in [6.07, 6.45) is 2.20. The second-order valence-electron chi connectivity index (χ2n) is 6.83. The zero-order valence-electron chi connectivity index (χ0n) is 15.5. The summed E-state index contributed by atoms with van der Waals surface area (Å²) in [6, 6.07) is 13.9. The molecule has 28 heavy (non-hydrogen) atoms. The molecule has 4 rings (SSSR count). The van der Waals surface area contributed by atoms with E-state index in [4.69, 9.17) is 0 Å². The van der Waals surface area contributed by atoms with Gasteiger partial charge in [0.1, 0.15) is 5.82 Å². The lowest BCUT2D eigenvalue weighted by molar-refractivity contribution is 0.212. The molecule has 0 aliphatic heterocycles. The van der Waals surface area contributed by atoms with Gasteiger partial charge in [0, 0.05) is 24.3 Å². The van der Waals surface area contributed by atoms with Crippen LogP contribution >= 0.6 is 0 Å². The lowest BCUT2D eigenvalue weighted by Gasteiger charge is -2.21. The minimum absolute atomic E-state index is 0.234. The minimum Gasteiger partial charge on any atom is -0.320 e. The SMILES string of the molecule is CCN(Cc1cccc(F)c1)C(=O)Nc1ccc(-c2nnnn2C2CC2)cc1. The number of aromatic nitrogens is 4. The number of halogens is 1. The van der Waals surface area contributed by atoms with Crippen LogP contribution in [-0.2, 0) is 6.54 Å². The molecule has 3 aromatic rings. The number of nitrogens with zero attached hydrogens (tertiary/aromatic N) is 5. The van der Waals surface area contributed by atoms with Crippen molar-refractivity contribution in [2.45, 2.75) is 32.4 Å². The number of nitrogens with one attached hydrogen (secondary N) is 1. The first kappa shape index (κ1) is 18.1. The quantitative estimate of drug-likeness (QED) is 0.704. The molecule has 1 N–H and O–H groups in total. The average molecular weight is 380 g/mol. The van der Waals surface area contributed by atoms with E-state index in [0.29, 0.717) is 24.8 Å². The van der Waals surface area contributed by atoms with Crippen molar-refractivity contribution in [2.75, 3.05) is 11.9 Å². The Morgan fingerprint density at radius 1 is 1.25 bits per heavy atom. The lowest BCUT2D eigenvalue weighted by Crippen LogP contribution is -2.34. The molecule has 0 radical (unpaired) electrons. The molecule has 2 amide bonds. The lowest BCUT2D eigenvalue weighted by atomic mass is 10.2. The largest absolute Gasteiger partial charge is 0.322 e. The van der Waals surface area contributed by atoms with Gasteiger partial charge in [0.05, 0.1) is 6.04 Å². The van der Waals surface area contributed by atoms with E-state index in [-0.39, 0.29) is 11.8 Å². The van der Waals surface area contributed by atoms with Crippen LogP contribution in [0.3, 0.4) is 0 Å². The molecule has 0 unspecified atom stereocenters. The molecule has 0 atom stereocenters. The van der Waals surface area contributed by atoms with Crippen LogP contribution in [0.4, 0.5) is 14.9 Å². The Bertz CT molecular complexity index is 967. The van der Waals surface area contributed by atoms with Gasteiger partial charge >= 0.3 is 6.03 Å². The minimum atomic E-state index is -0.307. The number of benzene rings is 2. The third kappa shape index (κ3) is 4.00. The van der Waals surface area contributed by atoms with Crippen LogP contribution in [0.1, 0.15) is 31.4 Å². The normalized spacial score (nSPS) is 13.4. The third-order valence-electron chi connectivity index (χ3n) is 4.71. The second kappa shape index (κ2) is 7.75. The van der Waals surface area contributed by atoms with E-state index in [1.807, 2.05) is 35.9 Å². The number of amides is 2. The second-order valence-corrected chi connectivity index (χ2v) is 6.83. The molecule has 1 heterocycles. The van der Waals surface area contributed by atoms with Crippen LogP contribution in [0.25, 0.3) is 11.4 Å². The Hall–Kier alpha value is -3.29. The summed E-state index contributed by atoms with van der Waals surface area (Å²) < 4.78 is 15.2. The average Bonchev–Trinajstić information content (AvgIpc) is 3.43. The van der Waals surface area contributed by atoms with Crippen LogP contribution in [0.15, 0.2) is 48.5 Å². The highest BCUT2D eigenvalue weighted by molar-refractivity contribution is 5.89. The number of rotatable bonds is 6. The van der Waals surface area contributed by atoms with Gasteiger partial charge in [-0.15, -0.1) is 5.10 Å². The molecule has 0 bridgehead atoms. The van der Waals surface area contributed by atoms with E-state index < -0.39 is 0 Å². The number of carbonyl (C=O) groups is 1. The van der Waals surface area contributed by atoms with Gasteiger partial charge in [0.2, 0.25) is 0 Å². The van der Waals surface area contributed by atoms with E-state index >= 15 is 0 Å². The zero-order chi connectivity index (χ0) is 19.5. The Morgan fingerprint density at radius 2 is 2.04 bits per heavy atom. The van der Waals surface area contributed by atoms with Crippen LogP contribution in [-0.4, -0.2) is 37.7 Å². The summed E-state index contributed by atoms with van der Waals surface area (Å²) >= 11 is 0. The fourth-order valence-corrected chi connectivity index (χ4v) is 3.04. The summed E-state index contributed by atoms with van der Waals surface area (Å²) in [5, 5.41) is 14.8. The highest BCUT2D eigenvalue weighted by Gasteiger charge is 2.28. The van der Waals surface area contributed by atoms with Gasteiger partial charge in [-0.2, -0.15) is 0 Å². The molecule has 0 saturated heterocycles. The standard InChI is InChI=1S/C20H21FN6O/c1-2-26(13-14-4-3-5-16(21)12-14)20(28)22-17-8-6-15(7-9-17)19-23-24-25-27(19)18-10-11-18/h3-9,12,18H,2,10-11,13H2,1H3,(H,22,28). The molecule has 1 aromatic heterocycles. The molecule has 1 aliphatic rings. The van der Waals surface area contributed by atoms with Gasteiger partial charge in [0.15, 0.2) is 5.82 Å². The van der Waals surface area contributed by atoms with E-state index in [1.165, 1.54) is 12.1 Å². The van der Waals surface area contributed by atoms with Crippen LogP contribution < -0.4 is 5.32 Å². The number of hydrogen-bond donors (Lipinski definition) is 1. The van der Waals surface area contributed by atoms with E-state index in [9.17, 15) is 9.18 Å². The van der Waals surface area contributed by atoms with Crippen LogP contribution in [0.2, 0.25) is 0 Å². The van der Waals surface area contributed by atoms with Gasteiger partial charge in [-0.25, -0.2) is 13.9 Å². The summed E-state index contributed by atoms with van der Waals surface area (Å²) in [7, 11) is 0. The van der Waals surface area contributed by atoms with Crippen molar-refractivity contribution in [3.05, 3.63) is 59.9 Å². The highest BCUT2D eigenvalue weighted by Crippen LogP contribution is 2.36. The van der Waals surface area contributed by atoms with E-state index in [0.717, 1.165) is 29.8 Å². The molecule has 0 spiro atoms. The van der Waals surface area contributed by atoms with Gasteiger partial charge in [0.25, 0.3) is 0 Å². The molecule has 7 nitrogen and oxygen atoms in total. The summed E-state index contributed by atoms with van der Waals surface area (Å²) in [5.41, 5.74) is 2.33. The molecular formula is C20H21FN6O. The maximum absolute atomic E-state index is 13.4. The van der Waals surface area contributed by atoms with Gasteiger partial charge < -0.3 is 10.2 Å². The number of tetrazole rings is 1. The van der Waals surface area contributed by atoms with Gasteiger partial charge in [-0.3, -0.25) is 0 Å². The molecule has 1 fully saturated rings. The molecule has 1 saturated carbocycles. The number of urea groups is 1. The van der Waals surface area contributed by atoms with Crippen molar-refractivity contribution in [3.63, 3.8) is 0 Å². The Morgan fingerprint density at radius 3 is 2.71 bits per heavy atom. The predicted octanol–water partition coefficient (Wildman–Crippen LogP) is 3.87. The third-order valence-corrected chi connectivity index (χ3v) is 4.71. The van der Waals surface area contributed by atoms with Crippen molar-refractivity contribution >= 4 is 11.7 Å². The zero-order valence-corrected chi connectivity index (χ0v) is 15.5. The van der Waals surface area contributed by atoms with E-state index in [2.05, 4.69) is 20.8 Å². The number of anilines is 1. The first-order chi connectivity index (χ1) is 13.6. The molecular weight excluding hydrogens is 359 g/mol. The summed E-state index contributed by atoms with van der Waals surface area (Å²) in [4.78, 5) is 14.2. The Balaban J connectivity index is 1.42. The van der Waals surface area contributed by atoms with E-state index in [1.54, 1.807) is 17.0 Å². The number of carbonyl (C=O) groups excluding carboxylic acids is 1. The van der Waals surface area contributed by atoms with Crippen LogP contribution in [0.5, 0.6) is 0 Å².